The first-order valence-corrected chi connectivity index (χ1v) is 10.1. The molecule has 1 aliphatic carbocycles. The van der Waals surface area contributed by atoms with Crippen molar-refractivity contribution in [1.82, 2.24) is 19.8 Å². The average molecular weight is 374 g/mol. The van der Waals surface area contributed by atoms with Gasteiger partial charge >= 0.3 is 0 Å². The lowest BCUT2D eigenvalue weighted by Gasteiger charge is -2.38. The molecule has 0 radical (unpaired) electrons. The van der Waals surface area contributed by atoms with E-state index in [1.807, 2.05) is 4.90 Å². The van der Waals surface area contributed by atoms with Gasteiger partial charge in [-0.05, 0) is 50.6 Å². The predicted octanol–water partition coefficient (Wildman–Crippen LogP) is 0.820. The Hall–Kier alpha value is -1.93. The van der Waals surface area contributed by atoms with Gasteiger partial charge < -0.3 is 25.6 Å². The number of carbonyl (C=O) groups is 1. The molecule has 3 fully saturated rings. The maximum absolute atomic E-state index is 12.3. The van der Waals surface area contributed by atoms with Crippen molar-refractivity contribution in [1.29, 1.82) is 0 Å². The molecular weight excluding hydrogens is 344 g/mol. The molecule has 148 valence electrons. The minimum atomic E-state index is -0.0335. The summed E-state index contributed by atoms with van der Waals surface area (Å²) in [6, 6.07) is 1.70. The van der Waals surface area contributed by atoms with E-state index in [1.54, 1.807) is 6.07 Å². The second kappa shape index (κ2) is 8.39. The normalized spacial score (nSPS) is 25.0. The van der Waals surface area contributed by atoms with E-state index in [-0.39, 0.29) is 18.6 Å². The second-order valence-electron chi connectivity index (χ2n) is 8.13. The van der Waals surface area contributed by atoms with Gasteiger partial charge in [0.1, 0.15) is 24.6 Å². The number of likely N-dealkylation sites (tertiary alicyclic amines) is 1. The van der Waals surface area contributed by atoms with Crippen LogP contribution in [-0.2, 0) is 9.53 Å². The highest BCUT2D eigenvalue weighted by molar-refractivity contribution is 5.78. The zero-order chi connectivity index (χ0) is 18.6. The Morgan fingerprint density at radius 1 is 1.15 bits per heavy atom. The summed E-state index contributed by atoms with van der Waals surface area (Å²) in [5.74, 6) is 2.79. The lowest BCUT2D eigenvalue weighted by molar-refractivity contribution is -0.149. The Kier molecular flexibility index (Phi) is 5.73. The molecule has 2 saturated heterocycles. The minimum Gasteiger partial charge on any atom is -0.384 e. The first-order valence-electron chi connectivity index (χ1n) is 10.1. The molecule has 8 nitrogen and oxygen atoms in total. The van der Waals surface area contributed by atoms with Crippen LogP contribution in [0.1, 0.15) is 25.7 Å². The topological polar surface area (TPSA) is 96.6 Å². The molecule has 8 heteroatoms. The average Bonchev–Trinajstić information content (AvgIpc) is 3.48. The third-order valence-electron chi connectivity index (χ3n) is 5.82. The first kappa shape index (κ1) is 18.4. The van der Waals surface area contributed by atoms with Crippen molar-refractivity contribution in [2.45, 2.75) is 31.8 Å². The highest BCUT2D eigenvalue weighted by Gasteiger charge is 2.31. The highest BCUT2D eigenvalue weighted by atomic mass is 16.5. The van der Waals surface area contributed by atoms with E-state index in [9.17, 15) is 4.79 Å². The summed E-state index contributed by atoms with van der Waals surface area (Å²) in [7, 11) is 0. The van der Waals surface area contributed by atoms with Crippen molar-refractivity contribution in [3.63, 3.8) is 0 Å². The van der Waals surface area contributed by atoms with E-state index >= 15 is 0 Å². The molecule has 1 amide bonds. The number of hydrogen-bond acceptors (Lipinski definition) is 7. The molecule has 1 aromatic rings. The van der Waals surface area contributed by atoms with Crippen LogP contribution in [0.15, 0.2) is 12.4 Å². The van der Waals surface area contributed by atoms with Gasteiger partial charge in [0.25, 0.3) is 0 Å². The fraction of sp³-hybridized carbons (Fsp3) is 0.737. The lowest BCUT2D eigenvalue weighted by atomic mass is 9.95. The monoisotopic (exact) mass is 374 g/mol. The summed E-state index contributed by atoms with van der Waals surface area (Å²) in [6.07, 6.45) is 6.62. The van der Waals surface area contributed by atoms with Crippen molar-refractivity contribution >= 4 is 17.5 Å². The van der Waals surface area contributed by atoms with Gasteiger partial charge in [-0.2, -0.15) is 0 Å². The Morgan fingerprint density at radius 2 is 1.93 bits per heavy atom. The molecule has 3 aliphatic rings. The van der Waals surface area contributed by atoms with Crippen LogP contribution in [0.2, 0.25) is 0 Å². The molecule has 0 unspecified atom stereocenters. The molecular formula is C19H30N6O2. The number of carbonyl (C=O) groups excluding carboxylic acids is 1. The number of ether oxygens (including phenoxy) is 1. The van der Waals surface area contributed by atoms with Gasteiger partial charge in [-0.1, -0.05) is 0 Å². The standard InChI is InChI=1S/C19H30N6O2/c20-17-7-18(23-13-22-17)21-8-16-11-25(19(26)12-27-16)10-15-3-5-24(6-4-15)9-14-1-2-14/h7,13-16H,1-6,8-12H2,(H3,20,21,22,23)/t16-/m0/s1. The van der Waals surface area contributed by atoms with Gasteiger partial charge in [-0.15, -0.1) is 0 Å². The van der Waals surface area contributed by atoms with E-state index in [1.165, 1.54) is 51.6 Å². The smallest absolute Gasteiger partial charge is 0.248 e. The molecule has 1 atom stereocenters. The van der Waals surface area contributed by atoms with Crippen LogP contribution in [0.3, 0.4) is 0 Å². The highest BCUT2D eigenvalue weighted by Crippen LogP contribution is 2.31. The third-order valence-corrected chi connectivity index (χ3v) is 5.82. The van der Waals surface area contributed by atoms with Gasteiger partial charge in [0, 0.05) is 32.2 Å². The van der Waals surface area contributed by atoms with E-state index in [4.69, 9.17) is 10.5 Å². The number of aromatic nitrogens is 2. The largest absolute Gasteiger partial charge is 0.384 e. The summed E-state index contributed by atoms with van der Waals surface area (Å²) in [5.41, 5.74) is 5.67. The van der Waals surface area contributed by atoms with Gasteiger partial charge in [-0.25, -0.2) is 9.97 Å². The number of nitrogens with zero attached hydrogens (tertiary/aromatic N) is 4. The van der Waals surface area contributed by atoms with Crippen molar-refractivity contribution in [3.05, 3.63) is 12.4 Å². The SMILES string of the molecule is Nc1cc(NC[C@H]2CN(CC3CCN(CC4CC4)CC3)C(=O)CO2)ncn1. The van der Waals surface area contributed by atoms with Crippen LogP contribution in [0.25, 0.3) is 0 Å². The maximum Gasteiger partial charge on any atom is 0.248 e. The van der Waals surface area contributed by atoms with E-state index in [0.29, 0.717) is 30.6 Å². The summed E-state index contributed by atoms with van der Waals surface area (Å²) in [4.78, 5) is 24.9. The molecule has 0 aromatic carbocycles. The number of nitrogens with two attached hydrogens (primary N) is 1. The second-order valence-corrected chi connectivity index (χ2v) is 8.13. The molecule has 1 saturated carbocycles. The quantitative estimate of drug-likeness (QED) is 0.729. The first-order chi connectivity index (χ1) is 13.2. The summed E-state index contributed by atoms with van der Waals surface area (Å²) >= 11 is 0. The number of amides is 1. The summed E-state index contributed by atoms with van der Waals surface area (Å²) in [6.45, 7) is 5.90. The fourth-order valence-corrected chi connectivity index (χ4v) is 4.00. The number of nitrogens with one attached hydrogen (secondary N) is 1. The Balaban J connectivity index is 1.22. The predicted molar refractivity (Wildman–Crippen MR) is 103 cm³/mol. The number of nitrogen functional groups attached to an aromatic ring is 1. The van der Waals surface area contributed by atoms with Gasteiger partial charge in [-0.3, -0.25) is 4.79 Å². The van der Waals surface area contributed by atoms with Crippen LogP contribution in [0.5, 0.6) is 0 Å². The van der Waals surface area contributed by atoms with Crippen molar-refractivity contribution in [3.8, 4) is 0 Å². The van der Waals surface area contributed by atoms with Crippen molar-refractivity contribution in [2.75, 3.05) is 56.9 Å². The molecule has 0 spiro atoms. The summed E-state index contributed by atoms with van der Waals surface area (Å²) < 4.78 is 5.69. The van der Waals surface area contributed by atoms with E-state index < -0.39 is 0 Å². The van der Waals surface area contributed by atoms with Crippen LogP contribution >= 0.6 is 0 Å². The number of hydrogen-bond donors (Lipinski definition) is 2. The molecule has 27 heavy (non-hydrogen) atoms. The molecule has 1 aromatic heterocycles. The van der Waals surface area contributed by atoms with Crippen molar-refractivity contribution in [2.24, 2.45) is 11.8 Å². The van der Waals surface area contributed by atoms with Crippen LogP contribution in [0, 0.1) is 11.8 Å². The third kappa shape index (κ3) is 5.29. The lowest BCUT2D eigenvalue weighted by Crippen LogP contribution is -2.51. The number of anilines is 2. The summed E-state index contributed by atoms with van der Waals surface area (Å²) in [5, 5.41) is 3.22. The Labute approximate surface area is 160 Å². The maximum atomic E-state index is 12.3. The van der Waals surface area contributed by atoms with Gasteiger partial charge in [0.2, 0.25) is 5.91 Å². The van der Waals surface area contributed by atoms with Gasteiger partial charge in [0.15, 0.2) is 0 Å². The van der Waals surface area contributed by atoms with Crippen LogP contribution in [0.4, 0.5) is 11.6 Å². The van der Waals surface area contributed by atoms with Crippen LogP contribution < -0.4 is 11.1 Å². The van der Waals surface area contributed by atoms with Crippen molar-refractivity contribution < 1.29 is 9.53 Å². The Morgan fingerprint density at radius 3 is 2.67 bits per heavy atom. The van der Waals surface area contributed by atoms with E-state index in [2.05, 4.69) is 20.2 Å². The molecule has 3 heterocycles. The minimum absolute atomic E-state index is 0.0335. The Bertz CT molecular complexity index is 645. The molecule has 4 rings (SSSR count). The molecule has 2 aliphatic heterocycles. The number of piperidine rings is 1. The molecule has 0 bridgehead atoms. The van der Waals surface area contributed by atoms with Gasteiger partial charge in [0.05, 0.1) is 6.10 Å². The van der Waals surface area contributed by atoms with E-state index in [0.717, 1.165) is 12.5 Å². The van der Waals surface area contributed by atoms with Crippen LogP contribution in [-0.4, -0.2) is 77.7 Å². The fourth-order valence-electron chi connectivity index (χ4n) is 4.00. The zero-order valence-electron chi connectivity index (χ0n) is 15.8. The zero-order valence-corrected chi connectivity index (χ0v) is 15.8. The molecule has 3 N–H and O–H groups in total. The number of morpholine rings is 1. The number of rotatable bonds is 7.